The van der Waals surface area contributed by atoms with Gasteiger partial charge in [-0.05, 0) is 111 Å². The van der Waals surface area contributed by atoms with Crippen molar-refractivity contribution >= 4 is 39.7 Å². The van der Waals surface area contributed by atoms with Gasteiger partial charge >= 0.3 is 0 Å². The van der Waals surface area contributed by atoms with Gasteiger partial charge < -0.3 is 10.0 Å². The molecule has 0 bridgehead atoms. The maximum Gasteiger partial charge on any atom is 0.0774 e. The van der Waals surface area contributed by atoms with Crippen LogP contribution in [0.1, 0.15) is 54.8 Å². The van der Waals surface area contributed by atoms with Crippen LogP contribution in [0.4, 0.5) is 17.1 Å². The van der Waals surface area contributed by atoms with Crippen LogP contribution in [0.3, 0.4) is 0 Å². The van der Waals surface area contributed by atoms with Crippen molar-refractivity contribution in [1.82, 2.24) is 0 Å². The molecule has 49 heavy (non-hydrogen) atoms. The number of fused-ring (bicyclic) bond motifs is 6. The molecular weight excluding hydrogens is 635 g/mol. The van der Waals surface area contributed by atoms with Crippen molar-refractivity contribution in [3.63, 3.8) is 0 Å². The highest BCUT2D eigenvalue weighted by atomic mass is 32.1. The third kappa shape index (κ3) is 4.69. The Morgan fingerprint density at radius 3 is 1.49 bits per heavy atom. The molecule has 0 fully saturated rings. The largest absolute Gasteiger partial charge is 0.391 e. The molecule has 1 N–H and O–H groups in total. The molecule has 0 atom stereocenters. The fourth-order valence-electron chi connectivity index (χ4n) is 8.11. The minimum absolute atomic E-state index is 0.0869. The van der Waals surface area contributed by atoms with E-state index in [-0.39, 0.29) is 17.4 Å². The molecule has 0 spiro atoms. The summed E-state index contributed by atoms with van der Waals surface area (Å²) in [4.78, 5) is 7.10. The summed E-state index contributed by atoms with van der Waals surface area (Å²) in [5.41, 5.74) is 15.3. The average molecular weight is 672 g/mol. The SMILES string of the molecule is CC1(C)c2ccccc2-c2ccc(N(c3ccc(-c4ccc(-c5ccc(CO)s5)s4)cc3)c3ccc4c(c3)C(C)(C)c3ccccc3-4)cc21. The third-order valence-corrected chi connectivity index (χ3v) is 13.1. The zero-order valence-electron chi connectivity index (χ0n) is 28.1. The summed E-state index contributed by atoms with van der Waals surface area (Å²) >= 11 is 3.46. The van der Waals surface area contributed by atoms with Crippen molar-refractivity contribution < 1.29 is 5.11 Å². The van der Waals surface area contributed by atoms with Gasteiger partial charge in [-0.3, -0.25) is 0 Å². The number of rotatable bonds is 6. The average Bonchev–Trinajstić information content (AvgIpc) is 3.90. The van der Waals surface area contributed by atoms with Crippen LogP contribution in [-0.4, -0.2) is 5.11 Å². The molecule has 5 aromatic carbocycles. The van der Waals surface area contributed by atoms with E-state index >= 15 is 0 Å². The van der Waals surface area contributed by atoms with E-state index < -0.39 is 0 Å². The van der Waals surface area contributed by atoms with E-state index in [9.17, 15) is 5.11 Å². The van der Waals surface area contributed by atoms with E-state index in [2.05, 4.69) is 160 Å². The fraction of sp³-hybridized carbons (Fsp3) is 0.156. The van der Waals surface area contributed by atoms with Gasteiger partial charge in [0.2, 0.25) is 0 Å². The minimum atomic E-state index is -0.0869. The van der Waals surface area contributed by atoms with Crippen molar-refractivity contribution in [1.29, 1.82) is 0 Å². The molecule has 0 aliphatic heterocycles. The first-order chi connectivity index (χ1) is 23.7. The second kappa shape index (κ2) is 11.1. The quantitative estimate of drug-likeness (QED) is 0.190. The molecule has 0 saturated heterocycles. The lowest BCUT2D eigenvalue weighted by molar-refractivity contribution is 0.285. The van der Waals surface area contributed by atoms with Gasteiger partial charge in [-0.2, -0.15) is 0 Å². The van der Waals surface area contributed by atoms with Crippen molar-refractivity contribution in [2.75, 3.05) is 4.90 Å². The van der Waals surface area contributed by atoms with Crippen molar-refractivity contribution in [2.45, 2.75) is 45.1 Å². The summed E-state index contributed by atoms with van der Waals surface area (Å²) < 4.78 is 0. The Kier molecular flexibility index (Phi) is 6.90. The summed E-state index contributed by atoms with van der Waals surface area (Å²) in [6.07, 6.45) is 0. The predicted octanol–water partition coefficient (Wildman–Crippen LogP) is 12.7. The Bertz CT molecular complexity index is 2280. The lowest BCUT2D eigenvalue weighted by Crippen LogP contribution is -2.18. The molecule has 2 nitrogen and oxygen atoms in total. The fourth-order valence-corrected chi connectivity index (χ4v) is 10.1. The predicted molar refractivity (Wildman–Crippen MR) is 209 cm³/mol. The maximum absolute atomic E-state index is 9.55. The summed E-state index contributed by atoms with van der Waals surface area (Å²) in [5.74, 6) is 0. The van der Waals surface area contributed by atoms with Crippen LogP contribution < -0.4 is 4.90 Å². The van der Waals surface area contributed by atoms with Crippen LogP contribution in [0.25, 0.3) is 42.4 Å². The Balaban J connectivity index is 1.15. The van der Waals surface area contributed by atoms with Gasteiger partial charge in [0.05, 0.1) is 6.61 Å². The second-order valence-corrected chi connectivity index (χ2v) is 16.5. The van der Waals surface area contributed by atoms with Gasteiger partial charge in [0.15, 0.2) is 0 Å². The smallest absolute Gasteiger partial charge is 0.0774 e. The molecule has 240 valence electrons. The zero-order valence-corrected chi connectivity index (χ0v) is 29.8. The van der Waals surface area contributed by atoms with Gasteiger partial charge in [0.25, 0.3) is 0 Å². The number of aliphatic hydroxyl groups is 1. The normalized spacial score (nSPS) is 14.6. The first kappa shape index (κ1) is 30.3. The van der Waals surface area contributed by atoms with Gasteiger partial charge in [0, 0.05) is 47.4 Å². The van der Waals surface area contributed by atoms with Gasteiger partial charge in [0.1, 0.15) is 0 Å². The molecule has 0 amide bonds. The lowest BCUT2D eigenvalue weighted by Gasteiger charge is -2.30. The highest BCUT2D eigenvalue weighted by molar-refractivity contribution is 7.23. The van der Waals surface area contributed by atoms with Crippen molar-refractivity contribution in [3.8, 4) is 42.4 Å². The highest BCUT2D eigenvalue weighted by Gasteiger charge is 2.37. The number of hydrogen-bond donors (Lipinski definition) is 1. The van der Waals surface area contributed by atoms with E-state index in [1.165, 1.54) is 64.7 Å². The van der Waals surface area contributed by atoms with Crippen LogP contribution in [-0.2, 0) is 17.4 Å². The van der Waals surface area contributed by atoms with Crippen LogP contribution >= 0.6 is 22.7 Å². The molecule has 9 rings (SSSR count). The Morgan fingerprint density at radius 1 is 0.469 bits per heavy atom. The first-order valence-electron chi connectivity index (χ1n) is 16.9. The van der Waals surface area contributed by atoms with Crippen LogP contribution in [0.5, 0.6) is 0 Å². The van der Waals surface area contributed by atoms with Crippen LogP contribution in [0.15, 0.2) is 133 Å². The van der Waals surface area contributed by atoms with Gasteiger partial charge in [-0.1, -0.05) is 100 Å². The highest BCUT2D eigenvalue weighted by Crippen LogP contribution is 2.53. The maximum atomic E-state index is 9.55. The van der Waals surface area contributed by atoms with E-state index in [0.717, 1.165) is 21.9 Å². The third-order valence-electron chi connectivity index (χ3n) is 10.7. The summed E-state index contributed by atoms with van der Waals surface area (Å²) in [6.45, 7) is 9.50. The Labute approximate surface area is 296 Å². The molecule has 4 heteroatoms. The molecule has 0 unspecified atom stereocenters. The second-order valence-electron chi connectivity index (χ2n) is 14.3. The number of hydrogen-bond acceptors (Lipinski definition) is 4. The van der Waals surface area contributed by atoms with E-state index in [4.69, 9.17) is 0 Å². The lowest BCUT2D eigenvalue weighted by atomic mass is 9.82. The summed E-state index contributed by atoms with van der Waals surface area (Å²) in [7, 11) is 0. The molecular formula is C45H37NOS2. The standard InChI is InChI=1S/C45H37NOS2/c1-44(2)37-11-7-5-9-33(37)35-20-17-30(25-39(35)44)46(31-18-21-36-34-10-6-8-12-38(34)45(3,4)40(36)26-31)29-15-13-28(14-16-29)41-23-24-43(49-41)42-22-19-32(27-47)48-42/h5-26,47H,27H2,1-4H3. The van der Waals surface area contributed by atoms with Crippen LogP contribution in [0.2, 0.25) is 0 Å². The van der Waals surface area contributed by atoms with Crippen molar-refractivity contribution in [3.05, 3.63) is 161 Å². The van der Waals surface area contributed by atoms with E-state index in [0.29, 0.717) is 0 Å². The zero-order chi connectivity index (χ0) is 33.5. The molecule has 0 radical (unpaired) electrons. The van der Waals surface area contributed by atoms with E-state index in [1.807, 2.05) is 6.07 Å². The molecule has 7 aromatic rings. The number of anilines is 3. The first-order valence-corrected chi connectivity index (χ1v) is 18.6. The van der Waals surface area contributed by atoms with Gasteiger partial charge in [-0.15, -0.1) is 22.7 Å². The molecule has 2 heterocycles. The number of nitrogens with zero attached hydrogens (tertiary/aromatic N) is 1. The molecule has 2 aliphatic rings. The number of aliphatic hydroxyl groups excluding tert-OH is 1. The van der Waals surface area contributed by atoms with Crippen molar-refractivity contribution in [2.24, 2.45) is 0 Å². The number of thiophene rings is 2. The molecule has 0 saturated carbocycles. The molecule has 2 aliphatic carbocycles. The Morgan fingerprint density at radius 2 is 0.939 bits per heavy atom. The summed E-state index contributed by atoms with van der Waals surface area (Å²) in [5, 5.41) is 9.55. The van der Waals surface area contributed by atoms with Gasteiger partial charge in [-0.25, -0.2) is 0 Å². The summed E-state index contributed by atoms with van der Waals surface area (Å²) in [6, 6.07) is 49.4. The Hall–Kier alpha value is -4.74. The monoisotopic (exact) mass is 671 g/mol. The molecule has 2 aromatic heterocycles. The number of benzene rings is 5. The topological polar surface area (TPSA) is 23.5 Å². The minimum Gasteiger partial charge on any atom is -0.391 e. The van der Waals surface area contributed by atoms with Crippen LogP contribution in [0, 0.1) is 0 Å². The van der Waals surface area contributed by atoms with E-state index in [1.54, 1.807) is 22.7 Å².